The van der Waals surface area contributed by atoms with Crippen LogP contribution in [0.4, 0.5) is 5.82 Å². The summed E-state index contributed by atoms with van der Waals surface area (Å²) in [6, 6.07) is 9.82. The van der Waals surface area contributed by atoms with Crippen LogP contribution in [0.1, 0.15) is 25.0 Å². The topological polar surface area (TPSA) is 59.1 Å². The van der Waals surface area contributed by atoms with Crippen molar-refractivity contribution in [1.82, 2.24) is 15.3 Å². The van der Waals surface area contributed by atoms with Gasteiger partial charge >= 0.3 is 0 Å². The van der Waals surface area contributed by atoms with E-state index in [2.05, 4.69) is 20.6 Å². The van der Waals surface area contributed by atoms with Crippen molar-refractivity contribution in [2.75, 3.05) is 11.9 Å². The molecule has 2 N–H and O–H groups in total. The van der Waals surface area contributed by atoms with Crippen molar-refractivity contribution >= 4 is 23.1 Å². The van der Waals surface area contributed by atoms with E-state index in [0.717, 1.165) is 23.7 Å². The molecule has 1 fully saturated rings. The minimum absolute atomic E-state index is 0.290. The van der Waals surface area contributed by atoms with Crippen LogP contribution in [0.3, 0.4) is 0 Å². The maximum atomic E-state index is 5.64. The van der Waals surface area contributed by atoms with Crippen LogP contribution in [0.25, 0.3) is 0 Å². The fraction of sp³-hybridized carbons (Fsp3) is 0.312. The maximum Gasteiger partial charge on any atom is 0.172 e. The summed E-state index contributed by atoms with van der Waals surface area (Å²) in [7, 11) is 0. The first-order chi connectivity index (χ1) is 10.8. The van der Waals surface area contributed by atoms with Gasteiger partial charge in [0.1, 0.15) is 11.6 Å². The summed E-state index contributed by atoms with van der Waals surface area (Å²) in [5.74, 6) is 1.94. The molecular weight excluding hydrogens is 296 g/mol. The molecule has 5 nitrogen and oxygen atoms in total. The molecule has 0 radical (unpaired) electrons. The monoisotopic (exact) mass is 314 g/mol. The molecular formula is C16H18N4OS. The van der Waals surface area contributed by atoms with Crippen molar-refractivity contribution in [3.05, 3.63) is 48.4 Å². The zero-order valence-corrected chi connectivity index (χ0v) is 13.1. The van der Waals surface area contributed by atoms with E-state index in [-0.39, 0.29) is 6.04 Å². The van der Waals surface area contributed by atoms with E-state index >= 15 is 0 Å². The van der Waals surface area contributed by atoms with Crippen LogP contribution >= 0.6 is 12.2 Å². The molecule has 2 heterocycles. The Hall–Kier alpha value is -2.21. The van der Waals surface area contributed by atoms with Crippen LogP contribution in [0.5, 0.6) is 5.75 Å². The number of ether oxygens (including phenoxy) is 1. The van der Waals surface area contributed by atoms with Crippen LogP contribution in [0, 0.1) is 0 Å². The van der Waals surface area contributed by atoms with Crippen molar-refractivity contribution in [2.45, 2.75) is 25.3 Å². The van der Waals surface area contributed by atoms with Gasteiger partial charge in [-0.25, -0.2) is 4.98 Å². The van der Waals surface area contributed by atoms with E-state index in [1.165, 1.54) is 0 Å². The lowest BCUT2D eigenvalue weighted by Crippen LogP contribution is -2.31. The Kier molecular flexibility index (Phi) is 4.48. The lowest BCUT2D eigenvalue weighted by molar-refractivity contribution is 0.334. The van der Waals surface area contributed by atoms with Gasteiger partial charge in [0.15, 0.2) is 5.11 Å². The Morgan fingerprint density at radius 3 is 2.91 bits per heavy atom. The fourth-order valence-corrected chi connectivity index (χ4v) is 2.63. The van der Waals surface area contributed by atoms with Crippen molar-refractivity contribution in [1.29, 1.82) is 0 Å². The number of anilines is 1. The molecule has 2 atom stereocenters. The number of pyridine rings is 2. The van der Waals surface area contributed by atoms with Gasteiger partial charge in [-0.15, -0.1) is 0 Å². The van der Waals surface area contributed by atoms with Gasteiger partial charge in [0, 0.05) is 24.4 Å². The molecule has 22 heavy (non-hydrogen) atoms. The molecule has 2 aromatic rings. The lowest BCUT2D eigenvalue weighted by atomic mass is 10.2. The fourth-order valence-electron chi connectivity index (χ4n) is 2.37. The summed E-state index contributed by atoms with van der Waals surface area (Å²) in [5, 5.41) is 6.97. The number of hydrogen-bond donors (Lipinski definition) is 2. The lowest BCUT2D eigenvalue weighted by Gasteiger charge is -2.11. The van der Waals surface area contributed by atoms with Crippen molar-refractivity contribution in [3.63, 3.8) is 0 Å². The summed E-state index contributed by atoms with van der Waals surface area (Å²) < 4.78 is 5.64. The van der Waals surface area contributed by atoms with Gasteiger partial charge in [-0.3, -0.25) is 4.98 Å². The van der Waals surface area contributed by atoms with Gasteiger partial charge in [-0.1, -0.05) is 6.07 Å². The summed E-state index contributed by atoms with van der Waals surface area (Å²) in [6.07, 6.45) is 4.53. The molecule has 1 aliphatic carbocycles. The summed E-state index contributed by atoms with van der Waals surface area (Å²) in [6.45, 7) is 2.62. The van der Waals surface area contributed by atoms with E-state index in [1.807, 2.05) is 37.3 Å². The van der Waals surface area contributed by atoms with Crippen molar-refractivity contribution in [3.8, 4) is 5.75 Å². The van der Waals surface area contributed by atoms with Gasteiger partial charge in [0.25, 0.3) is 0 Å². The van der Waals surface area contributed by atoms with Crippen LogP contribution in [-0.2, 0) is 0 Å². The standard InChI is InChI=1S/C16H18N4OS/c1-2-21-13-6-5-9-18-15(13)11-10-12(11)19-16(22)20-14-7-3-4-8-17-14/h3-9,11-12H,2,10H2,1H3,(H2,17,19,20,22). The Bertz CT molecular complexity index is 650. The van der Waals surface area contributed by atoms with E-state index in [0.29, 0.717) is 17.6 Å². The minimum Gasteiger partial charge on any atom is -0.492 e. The second-order valence-electron chi connectivity index (χ2n) is 5.08. The second kappa shape index (κ2) is 6.70. The first-order valence-corrected chi connectivity index (χ1v) is 7.75. The molecule has 1 saturated carbocycles. The number of nitrogens with one attached hydrogen (secondary N) is 2. The normalized spacial score (nSPS) is 19.3. The maximum absolute atomic E-state index is 5.64. The second-order valence-corrected chi connectivity index (χ2v) is 5.49. The summed E-state index contributed by atoms with van der Waals surface area (Å²) in [5.41, 5.74) is 1.00. The molecule has 0 amide bonds. The average molecular weight is 314 g/mol. The van der Waals surface area contributed by atoms with E-state index in [4.69, 9.17) is 17.0 Å². The Balaban J connectivity index is 1.57. The van der Waals surface area contributed by atoms with Gasteiger partial charge in [-0.05, 0) is 49.8 Å². The first kappa shape index (κ1) is 14.7. The van der Waals surface area contributed by atoms with Gasteiger partial charge in [-0.2, -0.15) is 0 Å². The molecule has 0 spiro atoms. The van der Waals surface area contributed by atoms with E-state index < -0.39 is 0 Å². The summed E-state index contributed by atoms with van der Waals surface area (Å²) in [4.78, 5) is 8.65. The van der Waals surface area contributed by atoms with E-state index in [1.54, 1.807) is 12.4 Å². The first-order valence-electron chi connectivity index (χ1n) is 7.34. The number of hydrogen-bond acceptors (Lipinski definition) is 4. The average Bonchev–Trinajstić information content (AvgIpc) is 3.28. The van der Waals surface area contributed by atoms with E-state index in [9.17, 15) is 0 Å². The van der Waals surface area contributed by atoms with Crippen LogP contribution in [0.15, 0.2) is 42.7 Å². The SMILES string of the molecule is CCOc1cccnc1C1CC1NC(=S)Nc1ccccn1. The predicted molar refractivity (Wildman–Crippen MR) is 90.1 cm³/mol. The number of nitrogens with zero attached hydrogens (tertiary/aromatic N) is 2. The zero-order valence-electron chi connectivity index (χ0n) is 12.3. The smallest absolute Gasteiger partial charge is 0.172 e. The molecule has 0 aliphatic heterocycles. The third-order valence-corrected chi connectivity index (χ3v) is 3.68. The zero-order chi connectivity index (χ0) is 15.4. The molecule has 6 heteroatoms. The molecule has 0 aromatic carbocycles. The highest BCUT2D eigenvalue weighted by Crippen LogP contribution is 2.43. The molecule has 114 valence electrons. The summed E-state index contributed by atoms with van der Waals surface area (Å²) >= 11 is 5.33. The van der Waals surface area contributed by atoms with Gasteiger partial charge in [0.2, 0.25) is 0 Å². The highest BCUT2D eigenvalue weighted by molar-refractivity contribution is 7.80. The molecule has 0 bridgehead atoms. The third kappa shape index (κ3) is 3.51. The number of rotatable bonds is 5. The van der Waals surface area contributed by atoms with Crippen LogP contribution < -0.4 is 15.4 Å². The molecule has 1 aliphatic rings. The molecule has 0 saturated heterocycles. The quantitative estimate of drug-likeness (QED) is 0.828. The predicted octanol–water partition coefficient (Wildman–Crippen LogP) is 2.72. The largest absolute Gasteiger partial charge is 0.492 e. The van der Waals surface area contributed by atoms with Gasteiger partial charge < -0.3 is 15.4 Å². The minimum atomic E-state index is 0.290. The molecule has 3 rings (SSSR count). The Morgan fingerprint density at radius 2 is 2.14 bits per heavy atom. The Morgan fingerprint density at radius 1 is 1.27 bits per heavy atom. The van der Waals surface area contributed by atoms with Gasteiger partial charge in [0.05, 0.1) is 12.3 Å². The van der Waals surface area contributed by atoms with Crippen LogP contribution in [0.2, 0.25) is 0 Å². The highest BCUT2D eigenvalue weighted by atomic mass is 32.1. The third-order valence-electron chi connectivity index (χ3n) is 3.46. The van der Waals surface area contributed by atoms with Crippen LogP contribution in [-0.4, -0.2) is 27.7 Å². The van der Waals surface area contributed by atoms with Crippen molar-refractivity contribution in [2.24, 2.45) is 0 Å². The number of aromatic nitrogens is 2. The Labute approximate surface area is 135 Å². The highest BCUT2D eigenvalue weighted by Gasteiger charge is 2.41. The number of thiocarbonyl (C=S) groups is 1. The van der Waals surface area contributed by atoms with Crippen molar-refractivity contribution < 1.29 is 4.74 Å². The molecule has 2 aromatic heterocycles. The molecule has 2 unspecified atom stereocenters.